The molecule has 3 aromatic carbocycles. The first-order valence-electron chi connectivity index (χ1n) is 9.24. The monoisotopic (exact) mass is 443 g/mol. The molecule has 0 unspecified atom stereocenters. The zero-order chi connectivity index (χ0) is 22.2. The van der Waals surface area contributed by atoms with Crippen molar-refractivity contribution in [2.45, 2.75) is 32.6 Å². The second-order valence-corrected chi connectivity index (χ2v) is 9.40. The highest BCUT2D eigenvalue weighted by Crippen LogP contribution is 2.29. The summed E-state index contributed by atoms with van der Waals surface area (Å²) in [5.41, 5.74) is 4.83. The molecule has 0 aliphatic carbocycles. The maximum atomic E-state index is 12.9. The molecule has 0 aromatic heterocycles. The van der Waals surface area contributed by atoms with Gasteiger partial charge in [-0.2, -0.15) is 0 Å². The Kier molecular flexibility index (Phi) is 5.92. The van der Waals surface area contributed by atoms with Gasteiger partial charge in [0.05, 0.1) is 10.5 Å². The van der Waals surface area contributed by atoms with Crippen molar-refractivity contribution < 1.29 is 18.3 Å². The third kappa shape index (κ3) is 4.35. The molecule has 3 rings (SSSR count). The molecule has 0 aliphatic heterocycles. The Balaban J connectivity index is 1.99. The second-order valence-electron chi connectivity index (χ2n) is 7.34. The number of nitrogens with one attached hydrogen (secondary N) is 1. The number of sulfonamides is 1. The summed E-state index contributed by atoms with van der Waals surface area (Å²) in [5, 5.41) is 9.88. The van der Waals surface area contributed by atoms with Crippen LogP contribution < -0.4 is 4.72 Å². The molecule has 156 valence electrons. The fraction of sp³-hybridized carbons (Fsp3) is 0.174. The van der Waals surface area contributed by atoms with E-state index in [1.54, 1.807) is 70.2 Å². The standard InChI is InChI=1S/C23H22ClNO4S/c1-13-11-21(14(2)10-20(13)24)30(28,29)25-19-7-5-6-17(12-19)18-8-15(3)22(23(26)27)16(4)9-18/h5-12,25H,1-4H3,(H,26,27). The summed E-state index contributed by atoms with van der Waals surface area (Å²) >= 11 is 6.09. The zero-order valence-electron chi connectivity index (χ0n) is 17.1. The summed E-state index contributed by atoms with van der Waals surface area (Å²) in [6.45, 7) is 6.95. The predicted molar refractivity (Wildman–Crippen MR) is 120 cm³/mol. The number of hydrogen-bond acceptors (Lipinski definition) is 3. The SMILES string of the molecule is Cc1cc(S(=O)(=O)Nc2cccc(-c3cc(C)c(C(=O)O)c(C)c3)c2)c(C)cc1Cl. The van der Waals surface area contributed by atoms with Crippen molar-refractivity contribution in [1.29, 1.82) is 0 Å². The Bertz CT molecular complexity index is 1240. The topological polar surface area (TPSA) is 83.5 Å². The van der Waals surface area contributed by atoms with Gasteiger partial charge in [-0.05, 0) is 85.3 Å². The van der Waals surface area contributed by atoms with Crippen molar-refractivity contribution in [1.82, 2.24) is 0 Å². The largest absolute Gasteiger partial charge is 0.478 e. The lowest BCUT2D eigenvalue weighted by molar-refractivity contribution is 0.0695. The van der Waals surface area contributed by atoms with Crippen molar-refractivity contribution in [3.05, 3.63) is 81.4 Å². The highest BCUT2D eigenvalue weighted by atomic mass is 35.5. The van der Waals surface area contributed by atoms with Crippen LogP contribution in [0.25, 0.3) is 11.1 Å². The van der Waals surface area contributed by atoms with Gasteiger partial charge in [-0.3, -0.25) is 4.72 Å². The van der Waals surface area contributed by atoms with E-state index in [1.807, 2.05) is 6.07 Å². The maximum Gasteiger partial charge on any atom is 0.336 e. The molecule has 0 heterocycles. The number of rotatable bonds is 5. The molecule has 0 amide bonds. The first kappa shape index (κ1) is 21.9. The minimum absolute atomic E-state index is 0.173. The molecule has 0 saturated heterocycles. The summed E-state index contributed by atoms with van der Waals surface area (Å²) in [7, 11) is -3.80. The fourth-order valence-electron chi connectivity index (χ4n) is 3.48. The van der Waals surface area contributed by atoms with Crippen molar-refractivity contribution >= 4 is 33.3 Å². The number of hydrogen-bond donors (Lipinski definition) is 2. The van der Waals surface area contributed by atoms with Gasteiger partial charge >= 0.3 is 5.97 Å². The van der Waals surface area contributed by atoms with Gasteiger partial charge < -0.3 is 5.11 Å². The summed E-state index contributed by atoms with van der Waals surface area (Å²) in [5.74, 6) is -0.966. The van der Waals surface area contributed by atoms with E-state index in [0.717, 1.165) is 11.1 Å². The average Bonchev–Trinajstić information content (AvgIpc) is 2.63. The molecule has 0 fully saturated rings. The number of aryl methyl sites for hydroxylation is 4. The third-order valence-electron chi connectivity index (χ3n) is 4.94. The van der Waals surface area contributed by atoms with E-state index in [4.69, 9.17) is 11.6 Å². The predicted octanol–water partition coefficient (Wildman–Crippen LogP) is 5.74. The minimum atomic E-state index is -3.80. The fourth-order valence-corrected chi connectivity index (χ4v) is 5.06. The molecule has 30 heavy (non-hydrogen) atoms. The molecule has 2 N–H and O–H groups in total. The van der Waals surface area contributed by atoms with Gasteiger partial charge in [-0.1, -0.05) is 35.9 Å². The second kappa shape index (κ2) is 8.13. The Morgan fingerprint density at radius 2 is 1.50 bits per heavy atom. The van der Waals surface area contributed by atoms with Crippen molar-refractivity contribution in [3.63, 3.8) is 0 Å². The minimum Gasteiger partial charge on any atom is -0.478 e. The number of benzene rings is 3. The lowest BCUT2D eigenvalue weighted by atomic mass is 9.95. The summed E-state index contributed by atoms with van der Waals surface area (Å²) < 4.78 is 28.5. The van der Waals surface area contributed by atoms with Crippen molar-refractivity contribution in [3.8, 4) is 11.1 Å². The number of anilines is 1. The first-order chi connectivity index (χ1) is 14.0. The van der Waals surface area contributed by atoms with Crippen LogP contribution in [0.2, 0.25) is 5.02 Å². The van der Waals surface area contributed by atoms with E-state index in [2.05, 4.69) is 4.72 Å². The summed E-state index contributed by atoms with van der Waals surface area (Å²) in [6, 6.07) is 13.8. The van der Waals surface area contributed by atoms with Gasteiger partial charge in [0, 0.05) is 10.7 Å². The maximum absolute atomic E-state index is 12.9. The van der Waals surface area contributed by atoms with E-state index >= 15 is 0 Å². The van der Waals surface area contributed by atoms with Crippen LogP contribution in [0.15, 0.2) is 53.4 Å². The highest BCUT2D eigenvalue weighted by molar-refractivity contribution is 7.92. The molecule has 0 spiro atoms. The van der Waals surface area contributed by atoms with Crippen LogP contribution in [0.3, 0.4) is 0 Å². The van der Waals surface area contributed by atoms with E-state index in [9.17, 15) is 18.3 Å². The normalized spacial score (nSPS) is 11.4. The van der Waals surface area contributed by atoms with Crippen LogP contribution in [0, 0.1) is 27.7 Å². The van der Waals surface area contributed by atoms with Crippen molar-refractivity contribution in [2.24, 2.45) is 0 Å². The lowest BCUT2D eigenvalue weighted by Gasteiger charge is -2.14. The quantitative estimate of drug-likeness (QED) is 0.526. The van der Waals surface area contributed by atoms with Gasteiger partial charge in [0.1, 0.15) is 0 Å². The smallest absolute Gasteiger partial charge is 0.336 e. The molecule has 0 atom stereocenters. The highest BCUT2D eigenvalue weighted by Gasteiger charge is 2.19. The molecular weight excluding hydrogens is 422 g/mol. The number of carbonyl (C=O) groups is 1. The molecule has 3 aromatic rings. The number of halogens is 1. The van der Waals surface area contributed by atoms with Gasteiger partial charge in [0.25, 0.3) is 10.0 Å². The van der Waals surface area contributed by atoms with Gasteiger partial charge in [0.2, 0.25) is 0 Å². The third-order valence-corrected chi connectivity index (χ3v) is 6.87. The molecule has 0 radical (unpaired) electrons. The van der Waals surface area contributed by atoms with Crippen LogP contribution in [0.4, 0.5) is 5.69 Å². The van der Waals surface area contributed by atoms with Crippen LogP contribution >= 0.6 is 11.6 Å². The van der Waals surface area contributed by atoms with E-state index in [-0.39, 0.29) is 10.5 Å². The molecule has 0 bridgehead atoms. The zero-order valence-corrected chi connectivity index (χ0v) is 18.6. The Labute approximate surface area is 181 Å². The molecular formula is C23H22ClNO4S. The first-order valence-corrected chi connectivity index (χ1v) is 11.1. The molecule has 0 aliphatic rings. The Morgan fingerprint density at radius 3 is 2.10 bits per heavy atom. The van der Waals surface area contributed by atoms with Crippen LogP contribution in [0.5, 0.6) is 0 Å². The van der Waals surface area contributed by atoms with Crippen molar-refractivity contribution in [2.75, 3.05) is 4.72 Å². The van der Waals surface area contributed by atoms with E-state index < -0.39 is 16.0 Å². The molecule has 7 heteroatoms. The summed E-state index contributed by atoms with van der Waals surface area (Å²) in [6.07, 6.45) is 0. The van der Waals surface area contributed by atoms with E-state index in [0.29, 0.717) is 33.0 Å². The number of aromatic carboxylic acids is 1. The van der Waals surface area contributed by atoms with Crippen LogP contribution in [-0.4, -0.2) is 19.5 Å². The molecule has 0 saturated carbocycles. The number of carboxylic acid groups (broad SMARTS) is 1. The molecule has 5 nitrogen and oxygen atoms in total. The average molecular weight is 444 g/mol. The Morgan fingerprint density at radius 1 is 0.867 bits per heavy atom. The summed E-state index contributed by atoms with van der Waals surface area (Å²) in [4.78, 5) is 11.6. The number of carboxylic acids is 1. The van der Waals surface area contributed by atoms with Gasteiger partial charge in [-0.15, -0.1) is 0 Å². The van der Waals surface area contributed by atoms with Crippen LogP contribution in [0.1, 0.15) is 32.6 Å². The Hall–Kier alpha value is -2.83. The lowest BCUT2D eigenvalue weighted by Crippen LogP contribution is -2.14. The van der Waals surface area contributed by atoms with Gasteiger partial charge in [-0.25, -0.2) is 13.2 Å². The van der Waals surface area contributed by atoms with Gasteiger partial charge in [0.15, 0.2) is 0 Å². The van der Waals surface area contributed by atoms with Crippen LogP contribution in [-0.2, 0) is 10.0 Å². The van der Waals surface area contributed by atoms with E-state index in [1.165, 1.54) is 0 Å².